The average molecular weight is 434 g/mol. The van der Waals surface area contributed by atoms with E-state index in [-0.39, 0.29) is 18.0 Å². The summed E-state index contributed by atoms with van der Waals surface area (Å²) in [5.41, 5.74) is 1.95. The zero-order chi connectivity index (χ0) is 22.1. The second-order valence-electron chi connectivity index (χ2n) is 6.66. The highest BCUT2D eigenvalue weighted by atomic mass is 32.2. The van der Waals surface area contributed by atoms with E-state index < -0.39 is 21.7 Å². The van der Waals surface area contributed by atoms with Crippen LogP contribution in [0.2, 0.25) is 0 Å². The maximum Gasteiger partial charge on any atom is 0.270 e. The Hall–Kier alpha value is -3.07. The molecule has 30 heavy (non-hydrogen) atoms. The fraction of sp³-hybridized carbons (Fsp3) is 0.286. The number of rotatable bonds is 6. The largest absolute Gasteiger partial charge is 0.493 e. The van der Waals surface area contributed by atoms with Crippen LogP contribution < -0.4 is 19.1 Å². The van der Waals surface area contributed by atoms with Gasteiger partial charge in [-0.15, -0.1) is 0 Å². The molecule has 7 nitrogen and oxygen atoms in total. The molecule has 0 spiro atoms. The molecular formula is C21H23FN2O5S. The van der Waals surface area contributed by atoms with Crippen molar-refractivity contribution in [1.82, 2.24) is 5.32 Å². The van der Waals surface area contributed by atoms with Gasteiger partial charge in [-0.1, -0.05) is 12.1 Å². The minimum Gasteiger partial charge on any atom is -0.493 e. The number of ether oxygens (including phenoxy) is 2. The monoisotopic (exact) mass is 434 g/mol. The smallest absolute Gasteiger partial charge is 0.270 e. The molecule has 1 amide bonds. The summed E-state index contributed by atoms with van der Waals surface area (Å²) in [4.78, 5) is 12.6. The summed E-state index contributed by atoms with van der Waals surface area (Å²) in [6, 6.07) is 8.85. The van der Waals surface area contributed by atoms with Crippen molar-refractivity contribution >= 4 is 27.2 Å². The Kier molecular flexibility index (Phi) is 6.02. The first-order valence-electron chi connectivity index (χ1n) is 9.27. The molecule has 2 aromatic rings. The molecule has 0 aromatic heterocycles. The van der Waals surface area contributed by atoms with Gasteiger partial charge < -0.3 is 14.8 Å². The van der Waals surface area contributed by atoms with E-state index in [0.717, 1.165) is 0 Å². The zero-order valence-corrected chi connectivity index (χ0v) is 18.0. The van der Waals surface area contributed by atoms with Gasteiger partial charge in [0.1, 0.15) is 5.82 Å². The molecule has 1 aliphatic rings. The van der Waals surface area contributed by atoms with Gasteiger partial charge in [0.25, 0.3) is 15.9 Å². The number of sulfonamides is 1. The Labute approximate surface area is 175 Å². The molecule has 0 saturated heterocycles. The molecule has 0 atom stereocenters. The topological polar surface area (TPSA) is 84.9 Å². The maximum atomic E-state index is 13.3. The fourth-order valence-corrected chi connectivity index (χ4v) is 5.20. The molecule has 0 unspecified atom stereocenters. The van der Waals surface area contributed by atoms with Crippen LogP contribution in [0.1, 0.15) is 25.0 Å². The van der Waals surface area contributed by atoms with Crippen LogP contribution in [-0.4, -0.2) is 35.1 Å². The summed E-state index contributed by atoms with van der Waals surface area (Å²) in [7, 11) is -1.14. The number of amides is 1. The first kappa shape index (κ1) is 21.6. The lowest BCUT2D eigenvalue weighted by Crippen LogP contribution is -2.41. The molecule has 3 rings (SSSR count). The minimum absolute atomic E-state index is 0.0658. The van der Waals surface area contributed by atoms with Crippen LogP contribution in [0.25, 0.3) is 5.57 Å². The Morgan fingerprint density at radius 3 is 2.27 bits per heavy atom. The molecule has 1 aliphatic heterocycles. The Morgan fingerprint density at radius 2 is 1.70 bits per heavy atom. The summed E-state index contributed by atoms with van der Waals surface area (Å²) in [5.74, 6) is -0.298. The molecule has 0 aliphatic carbocycles. The van der Waals surface area contributed by atoms with E-state index in [0.29, 0.717) is 33.9 Å². The van der Waals surface area contributed by atoms with E-state index in [1.165, 1.54) is 42.8 Å². The number of carbonyl (C=O) groups excluding carboxylic acids is 1. The normalized spacial score (nSPS) is 14.9. The Bertz CT molecular complexity index is 1110. The van der Waals surface area contributed by atoms with Crippen LogP contribution >= 0.6 is 0 Å². The van der Waals surface area contributed by atoms with Crippen molar-refractivity contribution < 1.29 is 27.1 Å². The van der Waals surface area contributed by atoms with Crippen molar-refractivity contribution in [3.8, 4) is 11.5 Å². The van der Waals surface area contributed by atoms with Gasteiger partial charge in [0.05, 0.1) is 19.9 Å². The molecule has 160 valence electrons. The van der Waals surface area contributed by atoms with Crippen LogP contribution in [0.4, 0.5) is 10.1 Å². The summed E-state index contributed by atoms with van der Waals surface area (Å²) in [6.07, 6.45) is 0. The highest BCUT2D eigenvalue weighted by Crippen LogP contribution is 2.44. The van der Waals surface area contributed by atoms with Gasteiger partial charge in [0.2, 0.25) is 0 Å². The van der Waals surface area contributed by atoms with Crippen molar-refractivity contribution in [1.29, 1.82) is 0 Å². The van der Waals surface area contributed by atoms with E-state index in [1.807, 2.05) is 0 Å². The number of fused-ring (bicyclic) bond motifs is 1. The number of allylic oxidation sites excluding steroid dienone is 1. The van der Waals surface area contributed by atoms with Crippen LogP contribution in [0, 0.1) is 5.82 Å². The summed E-state index contributed by atoms with van der Waals surface area (Å²) in [5, 5.41) is 2.62. The third kappa shape index (κ3) is 3.72. The maximum absolute atomic E-state index is 13.3. The molecule has 9 heteroatoms. The van der Waals surface area contributed by atoms with E-state index in [4.69, 9.17) is 9.47 Å². The molecule has 0 fully saturated rings. The van der Waals surface area contributed by atoms with Crippen molar-refractivity contribution in [3.63, 3.8) is 0 Å². The average Bonchev–Trinajstić information content (AvgIpc) is 2.72. The first-order chi connectivity index (χ1) is 14.2. The van der Waals surface area contributed by atoms with Gasteiger partial charge in [-0.2, -0.15) is 0 Å². The van der Waals surface area contributed by atoms with Crippen LogP contribution in [0.15, 0.2) is 41.3 Å². The quantitative estimate of drug-likeness (QED) is 0.755. The van der Waals surface area contributed by atoms with E-state index >= 15 is 0 Å². The molecule has 1 N–H and O–H groups in total. The first-order valence-corrected chi connectivity index (χ1v) is 10.7. The number of carbonyl (C=O) groups is 1. The standard InChI is InChI=1S/C21H23FN2O5S/c1-5-24-17-11-19(29-4)18(28-3)10-16(17)13(2)20(30(24,26)27)21(25)23-12-14-6-8-15(22)9-7-14/h6-11H,5,12H2,1-4H3,(H,23,25). The highest BCUT2D eigenvalue weighted by Gasteiger charge is 2.39. The van der Waals surface area contributed by atoms with Crippen molar-refractivity contribution in [2.45, 2.75) is 20.4 Å². The van der Waals surface area contributed by atoms with Gasteiger partial charge in [0.15, 0.2) is 16.4 Å². The van der Waals surface area contributed by atoms with Gasteiger partial charge in [-0.3, -0.25) is 9.10 Å². The lowest BCUT2D eigenvalue weighted by molar-refractivity contribution is -0.117. The second-order valence-corrected chi connectivity index (χ2v) is 8.46. The highest BCUT2D eigenvalue weighted by molar-refractivity contribution is 7.97. The van der Waals surface area contributed by atoms with Gasteiger partial charge in [-0.05, 0) is 43.2 Å². The van der Waals surface area contributed by atoms with Crippen LogP contribution in [0.5, 0.6) is 11.5 Å². The molecule has 2 aromatic carbocycles. The van der Waals surface area contributed by atoms with Crippen LogP contribution in [0.3, 0.4) is 0 Å². The number of anilines is 1. The number of benzene rings is 2. The van der Waals surface area contributed by atoms with E-state index in [9.17, 15) is 17.6 Å². The fourth-order valence-electron chi connectivity index (χ4n) is 3.42. The predicted molar refractivity (Wildman–Crippen MR) is 112 cm³/mol. The van der Waals surface area contributed by atoms with Gasteiger partial charge in [-0.25, -0.2) is 12.8 Å². The van der Waals surface area contributed by atoms with Crippen molar-refractivity contribution in [3.05, 3.63) is 58.2 Å². The number of hydrogen-bond acceptors (Lipinski definition) is 5. The zero-order valence-electron chi connectivity index (χ0n) is 17.2. The Balaban J connectivity index is 2.06. The lowest BCUT2D eigenvalue weighted by atomic mass is 10.0. The van der Waals surface area contributed by atoms with Gasteiger partial charge in [0, 0.05) is 24.7 Å². The summed E-state index contributed by atoms with van der Waals surface area (Å²) < 4.78 is 51.4. The second kappa shape index (κ2) is 8.35. The van der Waals surface area contributed by atoms with E-state index in [1.54, 1.807) is 26.0 Å². The van der Waals surface area contributed by atoms with E-state index in [2.05, 4.69) is 5.32 Å². The SMILES string of the molecule is CCN1c2cc(OC)c(OC)cc2C(C)=C(C(=O)NCc2ccc(F)cc2)S1(=O)=O. The number of methoxy groups -OCH3 is 2. The number of hydrogen-bond donors (Lipinski definition) is 1. The van der Waals surface area contributed by atoms with Crippen molar-refractivity contribution in [2.24, 2.45) is 0 Å². The predicted octanol–water partition coefficient (Wildman–Crippen LogP) is 3.06. The third-order valence-corrected chi connectivity index (χ3v) is 6.97. The third-order valence-electron chi connectivity index (χ3n) is 4.92. The number of nitrogens with zero attached hydrogens (tertiary/aromatic N) is 1. The van der Waals surface area contributed by atoms with Gasteiger partial charge >= 0.3 is 0 Å². The molecule has 0 radical (unpaired) electrons. The molecule has 0 bridgehead atoms. The molecular weight excluding hydrogens is 411 g/mol. The van der Waals surface area contributed by atoms with Crippen LogP contribution in [-0.2, 0) is 21.4 Å². The number of nitrogens with one attached hydrogen (secondary N) is 1. The van der Waals surface area contributed by atoms with Crippen molar-refractivity contribution in [2.75, 3.05) is 25.1 Å². The molecule has 0 saturated carbocycles. The summed E-state index contributed by atoms with van der Waals surface area (Å²) >= 11 is 0. The number of halogens is 1. The minimum atomic E-state index is -4.09. The lowest BCUT2D eigenvalue weighted by Gasteiger charge is -2.32. The molecule has 1 heterocycles. The summed E-state index contributed by atoms with van der Waals surface area (Å²) in [6.45, 7) is 3.47. The Morgan fingerprint density at radius 1 is 1.10 bits per heavy atom.